The Bertz CT molecular complexity index is 830. The third-order valence-electron chi connectivity index (χ3n) is 4.63. The molecule has 1 aliphatic rings. The van der Waals surface area contributed by atoms with Crippen LogP contribution in [0.5, 0.6) is 0 Å². The van der Waals surface area contributed by atoms with Gasteiger partial charge in [-0.05, 0) is 42.8 Å². The summed E-state index contributed by atoms with van der Waals surface area (Å²) in [5.41, 5.74) is 3.64. The van der Waals surface area contributed by atoms with E-state index in [4.69, 9.17) is 9.47 Å². The summed E-state index contributed by atoms with van der Waals surface area (Å²) in [7, 11) is 1.34. The highest BCUT2D eigenvalue weighted by Gasteiger charge is 2.15. The number of nitrogens with zero attached hydrogens (tertiary/aromatic N) is 1. The van der Waals surface area contributed by atoms with Crippen molar-refractivity contribution in [2.24, 2.45) is 0 Å². The van der Waals surface area contributed by atoms with Gasteiger partial charge in [0.2, 0.25) is 5.91 Å². The number of ether oxygens (including phenoxy) is 2. The zero-order valence-corrected chi connectivity index (χ0v) is 16.2. The number of morpholine rings is 1. The van der Waals surface area contributed by atoms with E-state index >= 15 is 0 Å². The van der Waals surface area contributed by atoms with E-state index in [1.807, 2.05) is 43.3 Å². The first-order valence-corrected chi connectivity index (χ1v) is 9.23. The quantitative estimate of drug-likeness (QED) is 0.747. The lowest BCUT2D eigenvalue weighted by molar-refractivity contribution is -0.114. The van der Waals surface area contributed by atoms with Gasteiger partial charge < -0.3 is 25.0 Å². The van der Waals surface area contributed by atoms with Crippen molar-refractivity contribution >= 4 is 28.9 Å². The molecule has 1 saturated heterocycles. The fourth-order valence-corrected chi connectivity index (χ4v) is 3.15. The molecule has 0 atom stereocenters. The van der Waals surface area contributed by atoms with E-state index in [2.05, 4.69) is 15.5 Å². The molecule has 1 heterocycles. The molecule has 2 aromatic rings. The molecule has 28 heavy (non-hydrogen) atoms. The van der Waals surface area contributed by atoms with Crippen LogP contribution < -0.4 is 15.5 Å². The van der Waals surface area contributed by atoms with E-state index in [1.54, 1.807) is 6.07 Å². The normalized spacial score (nSPS) is 13.7. The van der Waals surface area contributed by atoms with Gasteiger partial charge >= 0.3 is 5.97 Å². The van der Waals surface area contributed by atoms with Crippen molar-refractivity contribution < 1.29 is 19.1 Å². The van der Waals surface area contributed by atoms with Gasteiger partial charge in [-0.15, -0.1) is 0 Å². The van der Waals surface area contributed by atoms with Crippen LogP contribution in [0.2, 0.25) is 0 Å². The predicted octanol–water partition coefficient (Wildman–Crippen LogP) is 2.67. The van der Waals surface area contributed by atoms with Gasteiger partial charge in [-0.25, -0.2) is 4.79 Å². The Balaban J connectivity index is 1.58. The predicted molar refractivity (Wildman–Crippen MR) is 109 cm³/mol. The fraction of sp³-hybridized carbons (Fsp3) is 0.333. The van der Waals surface area contributed by atoms with Crippen molar-refractivity contribution in [3.63, 3.8) is 0 Å². The highest BCUT2D eigenvalue weighted by molar-refractivity contribution is 5.99. The van der Waals surface area contributed by atoms with Gasteiger partial charge in [-0.2, -0.15) is 0 Å². The molecule has 0 bridgehead atoms. The Morgan fingerprint density at radius 1 is 1.11 bits per heavy atom. The summed E-state index contributed by atoms with van der Waals surface area (Å²) in [6.45, 7) is 5.07. The van der Waals surface area contributed by atoms with E-state index in [0.717, 1.165) is 43.2 Å². The minimum Gasteiger partial charge on any atom is -0.465 e. The summed E-state index contributed by atoms with van der Waals surface area (Å²) in [6.07, 6.45) is 0. The minimum atomic E-state index is -0.431. The third-order valence-corrected chi connectivity index (χ3v) is 4.63. The molecule has 7 heteroatoms. The number of benzene rings is 2. The molecule has 1 aliphatic heterocycles. The van der Waals surface area contributed by atoms with Gasteiger partial charge in [0, 0.05) is 30.2 Å². The number of carbonyl (C=O) groups is 2. The summed E-state index contributed by atoms with van der Waals surface area (Å²) < 4.78 is 10.2. The topological polar surface area (TPSA) is 79.9 Å². The Morgan fingerprint density at radius 2 is 1.82 bits per heavy atom. The Kier molecular flexibility index (Phi) is 6.49. The average Bonchev–Trinajstić information content (AvgIpc) is 2.73. The molecule has 0 aromatic heterocycles. The zero-order valence-electron chi connectivity index (χ0n) is 16.2. The molecule has 0 aliphatic carbocycles. The van der Waals surface area contributed by atoms with E-state index in [9.17, 15) is 9.59 Å². The molecule has 2 N–H and O–H groups in total. The monoisotopic (exact) mass is 383 g/mol. The average molecular weight is 383 g/mol. The number of esters is 1. The van der Waals surface area contributed by atoms with Crippen LogP contribution in [0, 0.1) is 6.92 Å². The van der Waals surface area contributed by atoms with E-state index in [1.165, 1.54) is 7.11 Å². The standard InChI is InChI=1S/C21H25N3O4/c1-15-4-3-5-18(20(15)21(26)27-2)22-14-19(25)23-16-6-8-17(9-7-16)24-10-12-28-13-11-24/h3-9,22H,10-14H2,1-2H3,(H,23,25). The SMILES string of the molecule is COC(=O)c1c(C)cccc1NCC(=O)Nc1ccc(N2CCOCC2)cc1. The molecule has 3 rings (SSSR count). The van der Waals surface area contributed by atoms with Crippen LogP contribution in [-0.2, 0) is 14.3 Å². The summed E-state index contributed by atoms with van der Waals surface area (Å²) in [5.74, 6) is -0.629. The van der Waals surface area contributed by atoms with Crippen LogP contribution in [0.3, 0.4) is 0 Å². The summed E-state index contributed by atoms with van der Waals surface area (Å²) in [5, 5.41) is 5.88. The van der Waals surface area contributed by atoms with Crippen LogP contribution in [0.4, 0.5) is 17.1 Å². The highest BCUT2D eigenvalue weighted by atomic mass is 16.5. The summed E-state index contributed by atoms with van der Waals surface area (Å²) in [4.78, 5) is 26.5. The van der Waals surface area contributed by atoms with Gasteiger partial charge in [-0.1, -0.05) is 12.1 Å². The van der Waals surface area contributed by atoms with Crippen molar-refractivity contribution in [1.29, 1.82) is 0 Å². The van der Waals surface area contributed by atoms with Crippen LogP contribution in [-0.4, -0.2) is 51.8 Å². The number of anilines is 3. The lowest BCUT2D eigenvalue weighted by Gasteiger charge is -2.28. The van der Waals surface area contributed by atoms with Crippen molar-refractivity contribution in [3.05, 3.63) is 53.6 Å². The van der Waals surface area contributed by atoms with Crippen molar-refractivity contribution in [1.82, 2.24) is 0 Å². The first-order valence-electron chi connectivity index (χ1n) is 9.23. The molecule has 7 nitrogen and oxygen atoms in total. The second-order valence-corrected chi connectivity index (χ2v) is 6.54. The maximum atomic E-state index is 12.3. The fourth-order valence-electron chi connectivity index (χ4n) is 3.15. The van der Waals surface area contributed by atoms with Gasteiger partial charge in [0.25, 0.3) is 0 Å². The summed E-state index contributed by atoms with van der Waals surface area (Å²) >= 11 is 0. The number of amides is 1. The number of rotatable bonds is 6. The molecule has 0 radical (unpaired) electrons. The maximum Gasteiger partial charge on any atom is 0.340 e. The van der Waals surface area contributed by atoms with Crippen LogP contribution >= 0.6 is 0 Å². The highest BCUT2D eigenvalue weighted by Crippen LogP contribution is 2.21. The number of nitrogens with one attached hydrogen (secondary N) is 2. The van der Waals surface area contributed by atoms with Gasteiger partial charge in [-0.3, -0.25) is 4.79 Å². The number of methoxy groups -OCH3 is 1. The van der Waals surface area contributed by atoms with Crippen LogP contribution in [0.1, 0.15) is 15.9 Å². The zero-order chi connectivity index (χ0) is 19.9. The first-order chi connectivity index (χ1) is 13.6. The van der Waals surface area contributed by atoms with E-state index in [-0.39, 0.29) is 12.5 Å². The molecule has 0 saturated carbocycles. The number of aryl methyl sites for hydroxylation is 1. The molecule has 148 valence electrons. The minimum absolute atomic E-state index is 0.0403. The lowest BCUT2D eigenvalue weighted by Crippen LogP contribution is -2.36. The molecular weight excluding hydrogens is 358 g/mol. The van der Waals surface area contributed by atoms with E-state index in [0.29, 0.717) is 11.3 Å². The van der Waals surface area contributed by atoms with Crippen molar-refractivity contribution in [2.45, 2.75) is 6.92 Å². The van der Waals surface area contributed by atoms with Crippen molar-refractivity contribution in [2.75, 3.05) is 55.5 Å². The van der Waals surface area contributed by atoms with Gasteiger partial charge in [0.15, 0.2) is 0 Å². The molecule has 0 spiro atoms. The molecule has 1 fully saturated rings. The molecular formula is C21H25N3O4. The molecule has 0 unspecified atom stereocenters. The largest absolute Gasteiger partial charge is 0.465 e. The smallest absolute Gasteiger partial charge is 0.340 e. The second-order valence-electron chi connectivity index (χ2n) is 6.54. The third kappa shape index (κ3) is 4.80. The van der Waals surface area contributed by atoms with Crippen LogP contribution in [0.25, 0.3) is 0 Å². The Labute approximate surface area is 164 Å². The summed E-state index contributed by atoms with van der Waals surface area (Å²) in [6, 6.07) is 13.2. The maximum absolute atomic E-state index is 12.3. The number of carbonyl (C=O) groups excluding carboxylic acids is 2. The van der Waals surface area contributed by atoms with E-state index < -0.39 is 5.97 Å². The Morgan fingerprint density at radius 3 is 2.50 bits per heavy atom. The number of hydrogen-bond donors (Lipinski definition) is 2. The van der Waals surface area contributed by atoms with Crippen LogP contribution in [0.15, 0.2) is 42.5 Å². The number of hydrogen-bond acceptors (Lipinski definition) is 6. The van der Waals surface area contributed by atoms with Crippen molar-refractivity contribution in [3.8, 4) is 0 Å². The first kappa shape index (κ1) is 19.7. The Hall–Kier alpha value is -3.06. The van der Waals surface area contributed by atoms with Gasteiger partial charge in [0.1, 0.15) is 0 Å². The molecule has 1 amide bonds. The second kappa shape index (κ2) is 9.23. The molecule has 2 aromatic carbocycles. The lowest BCUT2D eigenvalue weighted by atomic mass is 10.1. The van der Waals surface area contributed by atoms with Gasteiger partial charge in [0.05, 0.1) is 32.4 Å².